The quantitative estimate of drug-likeness (QED) is 0.893. The van der Waals surface area contributed by atoms with Crippen molar-refractivity contribution in [3.8, 4) is 0 Å². The van der Waals surface area contributed by atoms with Gasteiger partial charge in [-0.25, -0.2) is 0 Å². The number of benzene rings is 1. The lowest BCUT2D eigenvalue weighted by atomic mass is 9.56. The maximum Gasteiger partial charge on any atom is 0.217 e. The summed E-state index contributed by atoms with van der Waals surface area (Å²) < 4.78 is 0. The van der Waals surface area contributed by atoms with Gasteiger partial charge in [0.15, 0.2) is 0 Å². The molecule has 21 heavy (non-hydrogen) atoms. The molecule has 3 rings (SSSR count). The molecule has 0 spiro atoms. The number of amides is 1. The number of carbonyl (C=O) groups is 1. The molecule has 0 aromatic heterocycles. The van der Waals surface area contributed by atoms with Crippen LogP contribution in [0.3, 0.4) is 0 Å². The zero-order valence-electron chi connectivity index (χ0n) is 13.1. The van der Waals surface area contributed by atoms with Crippen molar-refractivity contribution in [3.63, 3.8) is 0 Å². The minimum atomic E-state index is -0.176. The lowest BCUT2D eigenvalue weighted by molar-refractivity contribution is -0.118. The van der Waals surface area contributed by atoms with Crippen LogP contribution in [0.15, 0.2) is 18.2 Å². The third-order valence-corrected chi connectivity index (χ3v) is 5.74. The van der Waals surface area contributed by atoms with Gasteiger partial charge in [0, 0.05) is 17.9 Å². The number of nitrogens with two attached hydrogens (primary N) is 1. The lowest BCUT2D eigenvalue weighted by Gasteiger charge is -2.52. The molecule has 1 heterocycles. The van der Waals surface area contributed by atoms with Gasteiger partial charge in [-0.2, -0.15) is 0 Å². The van der Waals surface area contributed by atoms with Crippen LogP contribution in [0.1, 0.15) is 49.3 Å². The molecule has 1 amide bonds. The summed E-state index contributed by atoms with van der Waals surface area (Å²) in [5.74, 6) is 0.443. The molecule has 3 heteroatoms. The largest absolute Gasteiger partial charge is 0.370 e. The van der Waals surface area contributed by atoms with Crippen molar-refractivity contribution >= 4 is 5.91 Å². The monoisotopic (exact) mass is 286 g/mol. The highest BCUT2D eigenvalue weighted by molar-refractivity contribution is 5.73. The lowest BCUT2D eigenvalue weighted by Crippen LogP contribution is -2.57. The number of hydrogen-bond acceptors (Lipinski definition) is 2. The van der Waals surface area contributed by atoms with E-state index in [0.717, 1.165) is 25.8 Å². The fourth-order valence-electron chi connectivity index (χ4n) is 4.53. The number of piperidine rings is 1. The van der Waals surface area contributed by atoms with Gasteiger partial charge in [-0.1, -0.05) is 30.7 Å². The van der Waals surface area contributed by atoms with Crippen molar-refractivity contribution in [2.75, 3.05) is 6.54 Å². The molecule has 1 saturated heterocycles. The van der Waals surface area contributed by atoms with E-state index in [-0.39, 0.29) is 11.3 Å². The predicted molar refractivity (Wildman–Crippen MR) is 85.2 cm³/mol. The fourth-order valence-corrected chi connectivity index (χ4v) is 4.53. The number of primary amides is 1. The van der Waals surface area contributed by atoms with E-state index < -0.39 is 0 Å². The van der Waals surface area contributed by atoms with Gasteiger partial charge < -0.3 is 11.1 Å². The van der Waals surface area contributed by atoms with Gasteiger partial charge in [0.1, 0.15) is 0 Å². The summed E-state index contributed by atoms with van der Waals surface area (Å²) in [5, 5.41) is 3.69. The summed E-state index contributed by atoms with van der Waals surface area (Å²) >= 11 is 0. The van der Waals surface area contributed by atoms with Crippen LogP contribution >= 0.6 is 0 Å². The van der Waals surface area contributed by atoms with Crippen molar-refractivity contribution in [1.29, 1.82) is 0 Å². The Morgan fingerprint density at radius 2 is 2.29 bits per heavy atom. The summed E-state index contributed by atoms with van der Waals surface area (Å²) in [6.07, 6.45) is 4.79. The van der Waals surface area contributed by atoms with Crippen molar-refractivity contribution in [1.82, 2.24) is 5.32 Å². The molecule has 3 nitrogen and oxygen atoms in total. The summed E-state index contributed by atoms with van der Waals surface area (Å²) in [7, 11) is 0. The van der Waals surface area contributed by atoms with E-state index in [1.54, 1.807) is 0 Å². The zero-order chi connectivity index (χ0) is 15.0. The van der Waals surface area contributed by atoms with Crippen molar-refractivity contribution < 1.29 is 4.79 Å². The molecule has 1 aliphatic carbocycles. The third kappa shape index (κ3) is 2.48. The Hall–Kier alpha value is -1.35. The highest BCUT2D eigenvalue weighted by atomic mass is 16.1. The van der Waals surface area contributed by atoms with Gasteiger partial charge in [-0.3, -0.25) is 4.79 Å². The van der Waals surface area contributed by atoms with Crippen LogP contribution in [0, 0.1) is 12.8 Å². The van der Waals surface area contributed by atoms with Gasteiger partial charge in [0.2, 0.25) is 5.91 Å². The summed E-state index contributed by atoms with van der Waals surface area (Å²) in [5.41, 5.74) is 9.94. The van der Waals surface area contributed by atoms with Gasteiger partial charge in [0.05, 0.1) is 0 Å². The zero-order valence-corrected chi connectivity index (χ0v) is 13.1. The second-order valence-electron chi connectivity index (χ2n) is 6.94. The normalized spacial score (nSPS) is 30.8. The van der Waals surface area contributed by atoms with Crippen LogP contribution in [-0.4, -0.2) is 18.5 Å². The summed E-state index contributed by atoms with van der Waals surface area (Å²) in [4.78, 5) is 11.1. The maximum atomic E-state index is 11.1. The first-order valence-electron chi connectivity index (χ1n) is 8.14. The number of fused-ring (bicyclic) bond motifs is 4. The number of nitrogens with one attached hydrogen (secondary N) is 1. The van der Waals surface area contributed by atoms with E-state index in [0.29, 0.717) is 18.4 Å². The average Bonchev–Trinajstić information content (AvgIpc) is 2.42. The second-order valence-corrected chi connectivity index (χ2v) is 6.94. The topological polar surface area (TPSA) is 55.1 Å². The Bertz CT molecular complexity index is 554. The molecule has 0 radical (unpaired) electrons. The van der Waals surface area contributed by atoms with Crippen LogP contribution in [0.25, 0.3) is 0 Å². The predicted octanol–water partition coefficient (Wildman–Crippen LogP) is 2.44. The number of carbonyl (C=O) groups excluding carboxylic acids is 1. The molecule has 0 unspecified atom stereocenters. The Morgan fingerprint density at radius 1 is 1.48 bits per heavy atom. The molecule has 2 aliphatic rings. The smallest absolute Gasteiger partial charge is 0.217 e. The van der Waals surface area contributed by atoms with Crippen LogP contribution in [0.5, 0.6) is 0 Å². The average molecular weight is 286 g/mol. The first kappa shape index (κ1) is 14.6. The van der Waals surface area contributed by atoms with Crippen LogP contribution in [0.2, 0.25) is 0 Å². The number of hydrogen-bond donors (Lipinski definition) is 2. The first-order valence-corrected chi connectivity index (χ1v) is 8.14. The standard InChI is InChI=1S/C18H26N2O/c1-12-5-6-14-11-16-13(2)18(8-9-20-16,15(14)10-12)7-3-4-17(19)21/h5-6,10,13,16,20H,3-4,7-9,11H2,1-2H3,(H2,19,21)/t13-,16+,18+/m0/s1. The maximum absolute atomic E-state index is 11.1. The van der Waals surface area contributed by atoms with Gasteiger partial charge in [0.25, 0.3) is 0 Å². The highest BCUT2D eigenvalue weighted by Crippen LogP contribution is 2.49. The van der Waals surface area contributed by atoms with Gasteiger partial charge >= 0.3 is 0 Å². The van der Waals surface area contributed by atoms with E-state index in [2.05, 4.69) is 37.4 Å². The van der Waals surface area contributed by atoms with E-state index in [1.807, 2.05) is 0 Å². The minimum Gasteiger partial charge on any atom is -0.370 e. The Morgan fingerprint density at radius 3 is 3.05 bits per heavy atom. The van der Waals surface area contributed by atoms with Crippen molar-refractivity contribution in [2.24, 2.45) is 11.7 Å². The molecule has 0 saturated carbocycles. The van der Waals surface area contributed by atoms with Crippen molar-refractivity contribution in [3.05, 3.63) is 34.9 Å². The third-order valence-electron chi connectivity index (χ3n) is 5.74. The molecular formula is C18H26N2O. The SMILES string of the molecule is Cc1ccc2c(c1)[C@]1(CCCC(N)=O)CCN[C@H](C2)[C@@H]1C. The first-order chi connectivity index (χ1) is 10.0. The molecular weight excluding hydrogens is 260 g/mol. The molecule has 114 valence electrons. The van der Waals surface area contributed by atoms with Gasteiger partial charge in [-0.15, -0.1) is 0 Å². The Labute approximate surface area is 127 Å². The van der Waals surface area contributed by atoms with E-state index in [4.69, 9.17) is 5.73 Å². The summed E-state index contributed by atoms with van der Waals surface area (Å²) in [6, 6.07) is 7.49. The van der Waals surface area contributed by atoms with Crippen LogP contribution in [0.4, 0.5) is 0 Å². The molecule has 1 fully saturated rings. The minimum absolute atomic E-state index is 0.176. The summed E-state index contributed by atoms with van der Waals surface area (Å²) in [6.45, 7) is 5.64. The van der Waals surface area contributed by atoms with Crippen LogP contribution in [-0.2, 0) is 16.6 Å². The molecule has 1 aromatic carbocycles. The Kier molecular flexibility index (Phi) is 3.78. The second kappa shape index (κ2) is 5.45. The van der Waals surface area contributed by atoms with Crippen LogP contribution < -0.4 is 11.1 Å². The number of aryl methyl sites for hydroxylation is 1. The van der Waals surface area contributed by atoms with Crippen molar-refractivity contribution in [2.45, 2.75) is 57.4 Å². The molecule has 3 N–H and O–H groups in total. The molecule has 1 aromatic rings. The fraction of sp³-hybridized carbons (Fsp3) is 0.611. The Balaban J connectivity index is 1.98. The molecule has 3 atom stereocenters. The highest BCUT2D eigenvalue weighted by Gasteiger charge is 2.47. The number of rotatable bonds is 4. The molecule has 2 bridgehead atoms. The van der Waals surface area contributed by atoms with E-state index in [9.17, 15) is 4.79 Å². The van der Waals surface area contributed by atoms with E-state index in [1.165, 1.54) is 23.1 Å². The van der Waals surface area contributed by atoms with Gasteiger partial charge in [-0.05, 0) is 56.2 Å². The van der Waals surface area contributed by atoms with E-state index >= 15 is 0 Å². The molecule has 1 aliphatic heterocycles.